The van der Waals surface area contributed by atoms with Gasteiger partial charge in [-0.3, -0.25) is 0 Å². The van der Waals surface area contributed by atoms with Crippen molar-refractivity contribution in [1.82, 2.24) is 0 Å². The largest absolute Gasteiger partial charge is 2.00 e. The summed E-state index contributed by atoms with van der Waals surface area (Å²) in [7, 11) is -1.72. The Hall–Kier alpha value is 1.42. The van der Waals surface area contributed by atoms with Crippen LogP contribution >= 0.6 is 0 Å². The molecule has 0 fully saturated rings. The van der Waals surface area contributed by atoms with Crippen molar-refractivity contribution in [1.29, 1.82) is 0 Å². The molecule has 0 heterocycles. The van der Waals surface area contributed by atoms with Crippen LogP contribution in [-0.4, -0.2) is 36.2 Å². The molecule has 0 rings (SSSR count). The van der Waals surface area contributed by atoms with Crippen LogP contribution in [0, 0.1) is 5.92 Å². The quantitative estimate of drug-likeness (QED) is 0.577. The molecule has 0 atom stereocenters. The molecule has 0 saturated carbocycles. The molecule has 0 unspecified atom stereocenters. The Balaban J connectivity index is -0.000000245. The Bertz CT molecular complexity index is 72.6. The van der Waals surface area contributed by atoms with Gasteiger partial charge in [0.1, 0.15) is 0 Å². The van der Waals surface area contributed by atoms with Gasteiger partial charge in [0.2, 0.25) is 0 Å². The maximum Gasteiger partial charge on any atom is 2.00 e. The third-order valence-electron chi connectivity index (χ3n) is 0.908. The third kappa shape index (κ3) is 16.2. The van der Waals surface area contributed by atoms with Gasteiger partial charge in [0, 0.05) is 0 Å². The van der Waals surface area contributed by atoms with Crippen LogP contribution in [0.1, 0.15) is 13.8 Å². The van der Waals surface area contributed by atoms with Gasteiger partial charge in [-0.05, 0) is 25.1 Å². The van der Waals surface area contributed by atoms with E-state index >= 15 is 0 Å². The number of hydrogen-bond donors (Lipinski definition) is 1. The van der Waals surface area contributed by atoms with E-state index in [4.69, 9.17) is 0 Å². The van der Waals surface area contributed by atoms with Crippen molar-refractivity contribution in [2.45, 2.75) is 33.0 Å². The van der Waals surface area contributed by atoms with E-state index in [2.05, 4.69) is 13.8 Å². The Labute approximate surface area is 91.6 Å². The van der Waals surface area contributed by atoms with Gasteiger partial charge in [-0.15, -0.1) is 0 Å². The molecular formula is C6H16BrMgOSi+. The molecule has 0 aromatic heterocycles. The average Bonchev–Trinajstić information content (AvgIpc) is 1.21. The van der Waals surface area contributed by atoms with Crippen molar-refractivity contribution >= 4 is 31.4 Å². The normalized spacial score (nSPS) is 10.2. The van der Waals surface area contributed by atoms with Gasteiger partial charge in [-0.2, -0.15) is 0 Å². The minimum Gasteiger partial charge on any atom is -1.00 e. The van der Waals surface area contributed by atoms with E-state index in [-0.39, 0.29) is 40.0 Å². The molecule has 58 valence electrons. The predicted octanol–water partition coefficient (Wildman–Crippen LogP) is -1.54. The number of rotatable bonds is 2. The van der Waals surface area contributed by atoms with Gasteiger partial charge < -0.3 is 21.8 Å². The van der Waals surface area contributed by atoms with Gasteiger partial charge in [0.15, 0.2) is 8.32 Å². The first-order valence-electron chi connectivity index (χ1n) is 3.14. The van der Waals surface area contributed by atoms with E-state index in [0.29, 0.717) is 5.92 Å². The van der Waals surface area contributed by atoms with E-state index in [0.717, 1.165) is 6.04 Å². The Morgan fingerprint density at radius 2 is 1.60 bits per heavy atom. The Morgan fingerprint density at radius 3 is 1.60 bits per heavy atom. The standard InChI is InChI=1S/C6H16OSi.BrH.Mg/c1-6(2)5-8(3,4)7;;/h6-7H,5H2,1-4H3;1H;/q;;+2/p-1. The molecule has 0 radical (unpaired) electrons. The summed E-state index contributed by atoms with van der Waals surface area (Å²) >= 11 is 0. The van der Waals surface area contributed by atoms with Crippen molar-refractivity contribution in [2.75, 3.05) is 0 Å². The zero-order chi connectivity index (χ0) is 6.78. The molecule has 0 spiro atoms. The van der Waals surface area contributed by atoms with Crippen LogP contribution in [0.4, 0.5) is 0 Å². The summed E-state index contributed by atoms with van der Waals surface area (Å²) in [5.41, 5.74) is 0. The number of hydrogen-bond acceptors (Lipinski definition) is 1. The fraction of sp³-hybridized carbons (Fsp3) is 1.00. The van der Waals surface area contributed by atoms with Gasteiger partial charge in [0.25, 0.3) is 0 Å². The van der Waals surface area contributed by atoms with Crippen molar-refractivity contribution < 1.29 is 21.8 Å². The maximum absolute atomic E-state index is 9.33. The van der Waals surface area contributed by atoms with Crippen molar-refractivity contribution in [3.05, 3.63) is 0 Å². The van der Waals surface area contributed by atoms with Gasteiger partial charge in [-0.1, -0.05) is 13.8 Å². The van der Waals surface area contributed by atoms with Crippen LogP contribution in [-0.2, 0) is 0 Å². The van der Waals surface area contributed by atoms with Crippen molar-refractivity contribution in [2.24, 2.45) is 5.92 Å². The summed E-state index contributed by atoms with van der Waals surface area (Å²) in [4.78, 5) is 9.33. The molecule has 0 aliphatic carbocycles. The average molecular weight is 236 g/mol. The van der Waals surface area contributed by atoms with Crippen molar-refractivity contribution in [3.63, 3.8) is 0 Å². The first-order chi connectivity index (χ1) is 3.42. The van der Waals surface area contributed by atoms with E-state index in [1.807, 2.05) is 13.1 Å². The second kappa shape index (κ2) is 7.09. The van der Waals surface area contributed by atoms with E-state index in [1.165, 1.54) is 0 Å². The van der Waals surface area contributed by atoms with E-state index < -0.39 is 8.32 Å². The molecule has 4 heteroatoms. The SMILES string of the molecule is CC(C)C[Si](C)(C)O.[Br-].[Mg+2]. The summed E-state index contributed by atoms with van der Waals surface area (Å²) in [6.45, 7) is 8.25. The molecule has 1 N–H and O–H groups in total. The van der Waals surface area contributed by atoms with Crippen LogP contribution in [0.15, 0.2) is 0 Å². The second-order valence-corrected chi connectivity index (χ2v) is 7.44. The number of halogens is 1. The zero-order valence-electron chi connectivity index (χ0n) is 7.32. The molecular weight excluding hydrogens is 220 g/mol. The van der Waals surface area contributed by atoms with Crippen LogP contribution in [0.5, 0.6) is 0 Å². The summed E-state index contributed by atoms with van der Waals surface area (Å²) in [5, 5.41) is 0. The molecule has 0 aliphatic rings. The fourth-order valence-corrected chi connectivity index (χ4v) is 3.00. The second-order valence-electron chi connectivity index (χ2n) is 3.41. The van der Waals surface area contributed by atoms with E-state index in [1.54, 1.807) is 0 Å². The molecule has 0 aromatic rings. The molecule has 1 nitrogen and oxygen atoms in total. The fourth-order valence-electron chi connectivity index (χ4n) is 0.999. The van der Waals surface area contributed by atoms with Crippen molar-refractivity contribution in [3.8, 4) is 0 Å². The summed E-state index contributed by atoms with van der Waals surface area (Å²) in [6, 6.07) is 1.02. The maximum atomic E-state index is 9.33. The minimum atomic E-state index is -1.72. The zero-order valence-corrected chi connectivity index (χ0v) is 11.3. The molecule has 0 bridgehead atoms. The van der Waals surface area contributed by atoms with Crippen LogP contribution < -0.4 is 17.0 Å². The first-order valence-corrected chi connectivity index (χ1v) is 6.29. The third-order valence-corrected chi connectivity index (χ3v) is 2.72. The first kappa shape index (κ1) is 17.5. The van der Waals surface area contributed by atoms with E-state index in [9.17, 15) is 4.80 Å². The van der Waals surface area contributed by atoms with Crippen LogP contribution in [0.3, 0.4) is 0 Å². The minimum absolute atomic E-state index is 0. The monoisotopic (exact) mass is 235 g/mol. The van der Waals surface area contributed by atoms with Gasteiger partial charge in [0.05, 0.1) is 0 Å². The topological polar surface area (TPSA) is 20.2 Å². The van der Waals surface area contributed by atoms with Gasteiger partial charge >= 0.3 is 23.1 Å². The summed E-state index contributed by atoms with van der Waals surface area (Å²) in [6.07, 6.45) is 0. The van der Waals surface area contributed by atoms with Gasteiger partial charge in [-0.25, -0.2) is 0 Å². The molecule has 10 heavy (non-hydrogen) atoms. The Morgan fingerprint density at radius 1 is 1.30 bits per heavy atom. The van der Waals surface area contributed by atoms with Crippen LogP contribution in [0.25, 0.3) is 0 Å². The molecule has 0 aromatic carbocycles. The Kier molecular flexibility index (Phi) is 12.4. The summed E-state index contributed by atoms with van der Waals surface area (Å²) < 4.78 is 0. The molecule has 0 amide bonds. The predicted molar refractivity (Wildman–Crippen MR) is 45.1 cm³/mol. The smallest absolute Gasteiger partial charge is 1.00 e. The summed E-state index contributed by atoms with van der Waals surface area (Å²) in [5.74, 6) is 0.654. The van der Waals surface area contributed by atoms with Crippen LogP contribution in [0.2, 0.25) is 19.1 Å². The molecule has 0 aliphatic heterocycles. The molecule has 0 saturated heterocycles.